The molecule has 0 saturated heterocycles. The van der Waals surface area contributed by atoms with Gasteiger partial charge < -0.3 is 15.2 Å². The van der Waals surface area contributed by atoms with Crippen LogP contribution in [0, 0.1) is 5.82 Å². The van der Waals surface area contributed by atoms with Crippen LogP contribution in [-0.2, 0) is 0 Å². The maximum absolute atomic E-state index is 13.0. The van der Waals surface area contributed by atoms with E-state index in [0.717, 1.165) is 23.3 Å². The molecule has 2 aromatic rings. The zero-order valence-electron chi connectivity index (χ0n) is 12.9. The van der Waals surface area contributed by atoms with E-state index in [-0.39, 0.29) is 11.9 Å². The molecule has 2 aromatic carbocycles. The van der Waals surface area contributed by atoms with Gasteiger partial charge in [-0.3, -0.25) is 0 Å². The Morgan fingerprint density at radius 1 is 1.14 bits per heavy atom. The zero-order valence-corrected chi connectivity index (χ0v) is 12.9. The van der Waals surface area contributed by atoms with Gasteiger partial charge in [0.15, 0.2) is 0 Å². The van der Waals surface area contributed by atoms with Crippen molar-refractivity contribution in [3.63, 3.8) is 0 Å². The van der Waals surface area contributed by atoms with Crippen molar-refractivity contribution in [1.82, 2.24) is 5.32 Å². The fourth-order valence-electron chi connectivity index (χ4n) is 2.41. The predicted molar refractivity (Wildman–Crippen MR) is 85.4 cm³/mol. The third kappa shape index (κ3) is 4.29. The van der Waals surface area contributed by atoms with Gasteiger partial charge in [0.2, 0.25) is 0 Å². The molecular weight excluding hydrogens is 281 g/mol. The van der Waals surface area contributed by atoms with Gasteiger partial charge in [-0.15, -0.1) is 0 Å². The second-order valence-electron chi connectivity index (χ2n) is 5.21. The van der Waals surface area contributed by atoms with Gasteiger partial charge in [0.25, 0.3) is 0 Å². The largest absolute Gasteiger partial charge is 0.497 e. The van der Waals surface area contributed by atoms with Crippen LogP contribution in [0.15, 0.2) is 48.5 Å². The first-order valence-corrected chi connectivity index (χ1v) is 7.45. The molecule has 0 saturated carbocycles. The third-order valence-corrected chi connectivity index (χ3v) is 3.72. The zero-order chi connectivity index (χ0) is 15.9. The average molecular weight is 303 g/mol. The Labute approximate surface area is 130 Å². The summed E-state index contributed by atoms with van der Waals surface area (Å²) < 4.78 is 18.2. The van der Waals surface area contributed by atoms with Gasteiger partial charge in [-0.2, -0.15) is 0 Å². The molecule has 4 heteroatoms. The Morgan fingerprint density at radius 3 is 2.50 bits per heavy atom. The van der Waals surface area contributed by atoms with E-state index in [9.17, 15) is 9.50 Å². The first-order valence-electron chi connectivity index (χ1n) is 7.45. The van der Waals surface area contributed by atoms with Crippen molar-refractivity contribution in [1.29, 1.82) is 0 Å². The van der Waals surface area contributed by atoms with Crippen LogP contribution in [-0.4, -0.2) is 18.8 Å². The van der Waals surface area contributed by atoms with Crippen LogP contribution in [0.3, 0.4) is 0 Å². The number of hydrogen-bond donors (Lipinski definition) is 2. The van der Waals surface area contributed by atoms with E-state index in [0.29, 0.717) is 6.54 Å². The summed E-state index contributed by atoms with van der Waals surface area (Å²) in [5.74, 6) is 0.483. The number of hydrogen-bond acceptors (Lipinski definition) is 3. The highest BCUT2D eigenvalue weighted by Gasteiger charge is 2.13. The van der Waals surface area contributed by atoms with Gasteiger partial charge in [-0.1, -0.05) is 31.2 Å². The summed E-state index contributed by atoms with van der Waals surface area (Å²) in [5.41, 5.74) is 1.82. The fraction of sp³-hybridized carbons (Fsp3) is 0.333. The lowest BCUT2D eigenvalue weighted by Crippen LogP contribution is -2.26. The Balaban J connectivity index is 1.98. The molecule has 2 unspecified atom stereocenters. The van der Waals surface area contributed by atoms with Crippen molar-refractivity contribution in [2.24, 2.45) is 0 Å². The lowest BCUT2D eigenvalue weighted by Gasteiger charge is -2.20. The summed E-state index contributed by atoms with van der Waals surface area (Å²) in [7, 11) is 1.60. The number of aliphatic hydroxyl groups excluding tert-OH is 1. The summed E-state index contributed by atoms with van der Waals surface area (Å²) in [6, 6.07) is 13.9. The van der Waals surface area contributed by atoms with Gasteiger partial charge in [0.1, 0.15) is 11.6 Å². The van der Waals surface area contributed by atoms with Gasteiger partial charge in [0, 0.05) is 12.6 Å². The minimum absolute atomic E-state index is 0.0841. The molecule has 2 atom stereocenters. The molecule has 3 nitrogen and oxygen atoms in total. The molecule has 0 aliphatic heterocycles. The fourth-order valence-corrected chi connectivity index (χ4v) is 2.41. The van der Waals surface area contributed by atoms with E-state index in [1.165, 1.54) is 12.1 Å². The summed E-state index contributed by atoms with van der Waals surface area (Å²) >= 11 is 0. The Morgan fingerprint density at radius 2 is 1.86 bits per heavy atom. The predicted octanol–water partition coefficient (Wildman–Crippen LogP) is 3.61. The quantitative estimate of drug-likeness (QED) is 0.821. The second-order valence-corrected chi connectivity index (χ2v) is 5.21. The van der Waals surface area contributed by atoms with Crippen molar-refractivity contribution in [3.8, 4) is 5.75 Å². The highest BCUT2D eigenvalue weighted by molar-refractivity contribution is 5.30. The molecule has 0 aliphatic rings. The molecule has 118 valence electrons. The van der Waals surface area contributed by atoms with E-state index >= 15 is 0 Å². The Bertz CT molecular complexity index is 586. The normalized spacial score (nSPS) is 13.6. The monoisotopic (exact) mass is 303 g/mol. The lowest BCUT2D eigenvalue weighted by atomic mass is 10.0. The van der Waals surface area contributed by atoms with Crippen LogP contribution in [0.5, 0.6) is 5.75 Å². The van der Waals surface area contributed by atoms with E-state index in [2.05, 4.69) is 12.2 Å². The van der Waals surface area contributed by atoms with E-state index in [1.807, 2.05) is 24.3 Å². The van der Waals surface area contributed by atoms with Gasteiger partial charge in [-0.05, 0) is 41.8 Å². The van der Waals surface area contributed by atoms with E-state index < -0.39 is 6.10 Å². The maximum Gasteiger partial charge on any atom is 0.123 e. The maximum atomic E-state index is 13.0. The van der Waals surface area contributed by atoms with Gasteiger partial charge >= 0.3 is 0 Å². The molecule has 0 bridgehead atoms. The number of methoxy groups -OCH3 is 1. The summed E-state index contributed by atoms with van der Waals surface area (Å²) in [6.07, 6.45) is 0.237. The van der Waals surface area contributed by atoms with Crippen molar-refractivity contribution in [2.45, 2.75) is 25.5 Å². The molecule has 0 radical (unpaired) electrons. The molecule has 0 fully saturated rings. The highest BCUT2D eigenvalue weighted by Crippen LogP contribution is 2.21. The molecule has 0 heterocycles. The molecular formula is C18H22FNO2. The van der Waals surface area contributed by atoms with Gasteiger partial charge in [-0.25, -0.2) is 4.39 Å². The van der Waals surface area contributed by atoms with Crippen LogP contribution >= 0.6 is 0 Å². The topological polar surface area (TPSA) is 41.5 Å². The molecule has 22 heavy (non-hydrogen) atoms. The number of halogens is 1. The summed E-state index contributed by atoms with van der Waals surface area (Å²) in [6.45, 7) is 2.47. The number of benzene rings is 2. The van der Waals surface area contributed by atoms with E-state index in [1.54, 1.807) is 19.2 Å². The van der Waals surface area contributed by atoms with Crippen molar-refractivity contribution in [3.05, 3.63) is 65.5 Å². The first kappa shape index (κ1) is 16.5. The molecule has 0 amide bonds. The minimum Gasteiger partial charge on any atom is -0.497 e. The molecule has 2 rings (SSSR count). The second kappa shape index (κ2) is 7.92. The molecule has 0 aliphatic carbocycles. The summed E-state index contributed by atoms with van der Waals surface area (Å²) in [5, 5.41) is 13.6. The van der Waals surface area contributed by atoms with Crippen LogP contribution < -0.4 is 10.1 Å². The third-order valence-electron chi connectivity index (χ3n) is 3.72. The van der Waals surface area contributed by atoms with Crippen molar-refractivity contribution >= 4 is 0 Å². The van der Waals surface area contributed by atoms with Crippen molar-refractivity contribution in [2.75, 3.05) is 13.7 Å². The Kier molecular flexibility index (Phi) is 5.92. The van der Waals surface area contributed by atoms with Crippen LogP contribution in [0.1, 0.15) is 36.6 Å². The summed E-state index contributed by atoms with van der Waals surface area (Å²) in [4.78, 5) is 0. The van der Waals surface area contributed by atoms with Crippen LogP contribution in [0.2, 0.25) is 0 Å². The molecule has 2 N–H and O–H groups in total. The molecule has 0 aromatic heterocycles. The smallest absolute Gasteiger partial charge is 0.123 e. The average Bonchev–Trinajstić information content (AvgIpc) is 2.56. The first-order chi connectivity index (χ1) is 10.6. The number of rotatable bonds is 7. The number of aliphatic hydroxyl groups is 1. The minimum atomic E-state index is -0.621. The standard InChI is InChI=1S/C18H22FNO2/c1-3-17(13-7-9-15(19)10-8-13)20-12-18(21)14-5-4-6-16(11-14)22-2/h4-11,17-18,20-21H,3,12H2,1-2H3. The van der Waals surface area contributed by atoms with E-state index in [4.69, 9.17) is 4.74 Å². The lowest BCUT2D eigenvalue weighted by molar-refractivity contribution is 0.169. The van der Waals surface area contributed by atoms with Crippen LogP contribution in [0.25, 0.3) is 0 Å². The van der Waals surface area contributed by atoms with Crippen LogP contribution in [0.4, 0.5) is 4.39 Å². The van der Waals surface area contributed by atoms with Gasteiger partial charge in [0.05, 0.1) is 13.2 Å². The Hall–Kier alpha value is -1.91. The SMILES string of the molecule is CCC(NCC(O)c1cccc(OC)c1)c1ccc(F)cc1. The number of ether oxygens (including phenoxy) is 1. The van der Waals surface area contributed by atoms with Crippen molar-refractivity contribution < 1.29 is 14.2 Å². The number of nitrogens with one attached hydrogen (secondary N) is 1. The highest BCUT2D eigenvalue weighted by atomic mass is 19.1. The molecule has 0 spiro atoms.